The van der Waals surface area contributed by atoms with Gasteiger partial charge in [0.25, 0.3) is 5.91 Å². The van der Waals surface area contributed by atoms with Gasteiger partial charge in [0.15, 0.2) is 0 Å². The highest BCUT2D eigenvalue weighted by molar-refractivity contribution is 6.01. The number of hydrogen-bond donors (Lipinski definition) is 2. The summed E-state index contributed by atoms with van der Waals surface area (Å²) < 4.78 is 0. The van der Waals surface area contributed by atoms with Gasteiger partial charge in [-0.15, -0.1) is 0 Å². The Labute approximate surface area is 127 Å². The van der Waals surface area contributed by atoms with E-state index < -0.39 is 0 Å². The summed E-state index contributed by atoms with van der Waals surface area (Å²) >= 11 is 0. The van der Waals surface area contributed by atoms with Crippen molar-refractivity contribution in [2.75, 3.05) is 31.6 Å². The van der Waals surface area contributed by atoms with Crippen LogP contribution in [0.25, 0.3) is 0 Å². The number of aliphatic hydroxyl groups is 1. The molecule has 4 nitrogen and oxygen atoms in total. The molecular formula is C17H26N2O2. The lowest BCUT2D eigenvalue weighted by Crippen LogP contribution is -2.29. The van der Waals surface area contributed by atoms with Gasteiger partial charge in [0.2, 0.25) is 0 Å². The summed E-state index contributed by atoms with van der Waals surface area (Å²) in [4.78, 5) is 14.6. The zero-order chi connectivity index (χ0) is 15.1. The van der Waals surface area contributed by atoms with Crippen molar-refractivity contribution in [2.45, 2.75) is 39.0 Å². The number of hydrogen-bond acceptors (Lipinski definition) is 3. The Bertz CT molecular complexity index is 468. The minimum atomic E-state index is 0.156. The number of amides is 1. The highest BCUT2D eigenvalue weighted by atomic mass is 16.2. The molecule has 0 unspecified atom stereocenters. The van der Waals surface area contributed by atoms with Crippen molar-refractivity contribution in [2.24, 2.45) is 0 Å². The van der Waals surface area contributed by atoms with Crippen molar-refractivity contribution in [1.82, 2.24) is 4.90 Å². The molecule has 116 valence electrons. The lowest BCUT2D eigenvalue weighted by Gasteiger charge is -2.20. The zero-order valence-corrected chi connectivity index (χ0v) is 12.9. The van der Waals surface area contributed by atoms with Crippen LogP contribution in [-0.4, -0.2) is 42.2 Å². The van der Waals surface area contributed by atoms with Gasteiger partial charge in [-0.1, -0.05) is 12.1 Å². The van der Waals surface area contributed by atoms with Crippen molar-refractivity contribution in [1.29, 1.82) is 0 Å². The van der Waals surface area contributed by atoms with Gasteiger partial charge in [-0.25, -0.2) is 0 Å². The van der Waals surface area contributed by atoms with Crippen LogP contribution in [0, 0.1) is 6.92 Å². The molecule has 0 aromatic heterocycles. The molecule has 1 aliphatic rings. The van der Waals surface area contributed by atoms with E-state index in [1.54, 1.807) is 0 Å². The number of anilines is 1. The molecule has 2 rings (SSSR count). The van der Waals surface area contributed by atoms with Gasteiger partial charge in [-0.2, -0.15) is 0 Å². The van der Waals surface area contributed by atoms with Crippen LogP contribution in [0.5, 0.6) is 0 Å². The molecule has 1 heterocycles. The largest absolute Gasteiger partial charge is 0.396 e. The van der Waals surface area contributed by atoms with Crippen LogP contribution in [0.3, 0.4) is 0 Å². The third kappa shape index (κ3) is 4.21. The summed E-state index contributed by atoms with van der Waals surface area (Å²) in [6.45, 7) is 4.85. The Morgan fingerprint density at radius 2 is 2.00 bits per heavy atom. The Balaban J connectivity index is 2.03. The fraction of sp³-hybridized carbons (Fsp3) is 0.588. The van der Waals surface area contributed by atoms with E-state index in [2.05, 4.69) is 5.32 Å². The van der Waals surface area contributed by atoms with Crippen LogP contribution in [0.1, 0.15) is 48.0 Å². The molecule has 1 aliphatic heterocycles. The van der Waals surface area contributed by atoms with Gasteiger partial charge in [0.1, 0.15) is 0 Å². The average Bonchev–Trinajstić information content (AvgIpc) is 3.01. The van der Waals surface area contributed by atoms with Gasteiger partial charge in [-0.05, 0) is 50.7 Å². The molecule has 21 heavy (non-hydrogen) atoms. The first kappa shape index (κ1) is 15.8. The second kappa shape index (κ2) is 8.03. The van der Waals surface area contributed by atoms with Gasteiger partial charge in [0.05, 0.1) is 5.56 Å². The topological polar surface area (TPSA) is 52.6 Å². The lowest BCUT2D eigenvalue weighted by molar-refractivity contribution is 0.0793. The summed E-state index contributed by atoms with van der Waals surface area (Å²) in [6.07, 6.45) is 5.08. The number of likely N-dealkylation sites (tertiary alicyclic amines) is 1. The number of carbonyl (C=O) groups is 1. The van der Waals surface area contributed by atoms with Crippen LogP contribution in [-0.2, 0) is 0 Å². The van der Waals surface area contributed by atoms with Crippen molar-refractivity contribution in [3.63, 3.8) is 0 Å². The van der Waals surface area contributed by atoms with Gasteiger partial charge in [-0.3, -0.25) is 4.79 Å². The molecule has 2 N–H and O–H groups in total. The Morgan fingerprint density at radius 1 is 1.24 bits per heavy atom. The monoisotopic (exact) mass is 290 g/mol. The lowest BCUT2D eigenvalue weighted by atomic mass is 10.0. The maximum Gasteiger partial charge on any atom is 0.256 e. The molecule has 1 amide bonds. The van der Waals surface area contributed by atoms with Gasteiger partial charge >= 0.3 is 0 Å². The van der Waals surface area contributed by atoms with Crippen LogP contribution >= 0.6 is 0 Å². The summed E-state index contributed by atoms with van der Waals surface area (Å²) in [5, 5.41) is 12.2. The Hall–Kier alpha value is -1.55. The van der Waals surface area contributed by atoms with Crippen LogP contribution < -0.4 is 5.32 Å². The zero-order valence-electron chi connectivity index (χ0n) is 12.9. The highest BCUT2D eigenvalue weighted by Gasteiger charge is 2.23. The molecule has 0 saturated carbocycles. The molecule has 0 atom stereocenters. The van der Waals surface area contributed by atoms with E-state index in [1.807, 2.05) is 30.0 Å². The molecule has 1 aromatic carbocycles. The minimum absolute atomic E-state index is 0.156. The molecule has 4 heteroatoms. The van der Waals surface area contributed by atoms with Crippen molar-refractivity contribution in [3.8, 4) is 0 Å². The summed E-state index contributed by atoms with van der Waals surface area (Å²) in [5.41, 5.74) is 2.80. The van der Waals surface area contributed by atoms with Crippen LogP contribution in [0.2, 0.25) is 0 Å². The summed E-state index contributed by atoms with van der Waals surface area (Å²) in [7, 11) is 0. The second-order valence-electron chi connectivity index (χ2n) is 5.71. The maximum absolute atomic E-state index is 12.7. The molecule has 1 fully saturated rings. The summed E-state index contributed by atoms with van der Waals surface area (Å²) in [6, 6.07) is 5.98. The molecule has 0 bridgehead atoms. The molecule has 0 spiro atoms. The van der Waals surface area contributed by atoms with E-state index >= 15 is 0 Å². The fourth-order valence-corrected chi connectivity index (χ4v) is 2.81. The first-order chi connectivity index (χ1) is 10.2. The average molecular weight is 290 g/mol. The highest BCUT2D eigenvalue weighted by Crippen LogP contribution is 2.23. The maximum atomic E-state index is 12.7. The number of rotatable bonds is 7. The van der Waals surface area contributed by atoms with Gasteiger partial charge in [0, 0.05) is 31.9 Å². The number of unbranched alkanes of at least 4 members (excludes halogenated alkanes) is 2. The standard InChI is InChI=1S/C17H26N2O2/c1-14-8-7-9-15(18-10-3-2-6-13-20)16(14)17(21)19-11-4-5-12-19/h7-9,18,20H,2-6,10-13H2,1H3. The van der Waals surface area contributed by atoms with Crippen LogP contribution in [0.4, 0.5) is 5.69 Å². The minimum Gasteiger partial charge on any atom is -0.396 e. The molecular weight excluding hydrogens is 264 g/mol. The number of aryl methyl sites for hydroxylation is 1. The van der Waals surface area contributed by atoms with Crippen LogP contribution in [0.15, 0.2) is 18.2 Å². The molecule has 0 aliphatic carbocycles. The van der Waals surface area contributed by atoms with E-state index in [0.717, 1.165) is 68.6 Å². The summed E-state index contributed by atoms with van der Waals surface area (Å²) in [5.74, 6) is 0.156. The molecule has 0 radical (unpaired) electrons. The first-order valence-corrected chi connectivity index (χ1v) is 7.97. The third-order valence-electron chi connectivity index (χ3n) is 4.03. The van der Waals surface area contributed by atoms with Crippen molar-refractivity contribution >= 4 is 11.6 Å². The van der Waals surface area contributed by atoms with Gasteiger partial charge < -0.3 is 15.3 Å². The number of aliphatic hydroxyl groups excluding tert-OH is 1. The predicted molar refractivity (Wildman–Crippen MR) is 85.7 cm³/mol. The van der Waals surface area contributed by atoms with E-state index in [-0.39, 0.29) is 12.5 Å². The van der Waals surface area contributed by atoms with Crippen molar-refractivity contribution in [3.05, 3.63) is 29.3 Å². The molecule has 1 aromatic rings. The Kier molecular flexibility index (Phi) is 6.05. The van der Waals surface area contributed by atoms with Crippen molar-refractivity contribution < 1.29 is 9.90 Å². The number of nitrogens with zero attached hydrogens (tertiary/aromatic N) is 1. The number of carbonyl (C=O) groups excluding carboxylic acids is 1. The number of nitrogens with one attached hydrogen (secondary N) is 1. The normalized spacial score (nSPS) is 14.5. The van der Waals surface area contributed by atoms with E-state index in [1.165, 1.54) is 0 Å². The first-order valence-electron chi connectivity index (χ1n) is 7.97. The van der Waals surface area contributed by atoms with E-state index in [4.69, 9.17) is 5.11 Å². The van der Waals surface area contributed by atoms with E-state index in [0.29, 0.717) is 0 Å². The SMILES string of the molecule is Cc1cccc(NCCCCCO)c1C(=O)N1CCCC1. The smallest absolute Gasteiger partial charge is 0.256 e. The predicted octanol–water partition coefficient (Wildman–Crippen LogP) is 2.81. The quantitative estimate of drug-likeness (QED) is 0.759. The Morgan fingerprint density at radius 3 is 2.71 bits per heavy atom. The second-order valence-corrected chi connectivity index (χ2v) is 5.71. The third-order valence-corrected chi connectivity index (χ3v) is 4.03. The number of benzene rings is 1. The molecule has 1 saturated heterocycles. The van der Waals surface area contributed by atoms with E-state index in [9.17, 15) is 4.79 Å². The fourth-order valence-electron chi connectivity index (χ4n) is 2.81.